The molecule has 1 aromatic rings. The van der Waals surface area contributed by atoms with Crippen molar-refractivity contribution in [2.75, 3.05) is 6.54 Å². The maximum absolute atomic E-state index is 11.2. The number of benzene rings is 1. The summed E-state index contributed by atoms with van der Waals surface area (Å²) in [5.41, 5.74) is 5.74. The van der Waals surface area contributed by atoms with Crippen molar-refractivity contribution in [2.45, 2.75) is 0 Å². The third kappa shape index (κ3) is 2.06. The van der Waals surface area contributed by atoms with Crippen LogP contribution in [0.2, 0.25) is 5.02 Å². The topological polar surface area (TPSA) is 43.1 Å². The first kappa shape index (κ1) is 9.71. The van der Waals surface area contributed by atoms with E-state index in [0.717, 1.165) is 4.47 Å². The average Bonchev–Trinajstić information content (AvgIpc) is 2.08. The number of halogens is 2. The lowest BCUT2D eigenvalue weighted by molar-refractivity contribution is 0.100. The van der Waals surface area contributed by atoms with Crippen molar-refractivity contribution < 1.29 is 4.79 Å². The second-order valence-electron chi connectivity index (χ2n) is 2.25. The SMILES string of the molecule is NCC(=O)c1cc(Cl)ccc1Br. The summed E-state index contributed by atoms with van der Waals surface area (Å²) >= 11 is 8.94. The zero-order valence-electron chi connectivity index (χ0n) is 6.18. The maximum atomic E-state index is 11.2. The van der Waals surface area contributed by atoms with Gasteiger partial charge in [0.25, 0.3) is 0 Å². The standard InChI is InChI=1S/C8H7BrClNO/c9-7-2-1-5(10)3-6(7)8(12)4-11/h1-3H,4,11H2. The van der Waals surface area contributed by atoms with E-state index >= 15 is 0 Å². The van der Waals surface area contributed by atoms with Gasteiger partial charge in [0.1, 0.15) is 0 Å². The first-order chi connectivity index (χ1) is 5.65. The van der Waals surface area contributed by atoms with Gasteiger partial charge in [0.15, 0.2) is 5.78 Å². The Balaban J connectivity index is 3.13. The summed E-state index contributed by atoms with van der Waals surface area (Å²) in [4.78, 5) is 11.2. The lowest BCUT2D eigenvalue weighted by atomic mass is 10.1. The fraction of sp³-hybridized carbons (Fsp3) is 0.125. The van der Waals surface area contributed by atoms with Crippen LogP contribution in [-0.2, 0) is 0 Å². The normalized spacial score (nSPS) is 9.92. The molecule has 1 aromatic carbocycles. The summed E-state index contributed by atoms with van der Waals surface area (Å²) in [5.74, 6) is -0.121. The summed E-state index contributed by atoms with van der Waals surface area (Å²) in [6, 6.07) is 5.03. The van der Waals surface area contributed by atoms with E-state index in [1.165, 1.54) is 0 Å². The van der Waals surface area contributed by atoms with Crippen molar-refractivity contribution in [1.29, 1.82) is 0 Å². The Labute approximate surface area is 83.8 Å². The van der Waals surface area contributed by atoms with Gasteiger partial charge in [-0.25, -0.2) is 0 Å². The maximum Gasteiger partial charge on any atom is 0.177 e. The number of ketones is 1. The molecule has 0 spiro atoms. The molecule has 0 aliphatic rings. The Morgan fingerprint density at radius 3 is 2.83 bits per heavy atom. The third-order valence-corrected chi connectivity index (χ3v) is 2.34. The molecule has 0 aromatic heterocycles. The Hall–Kier alpha value is -0.380. The quantitative estimate of drug-likeness (QED) is 0.816. The molecule has 0 atom stereocenters. The van der Waals surface area contributed by atoms with Gasteiger partial charge in [-0.05, 0) is 18.2 Å². The zero-order chi connectivity index (χ0) is 9.14. The van der Waals surface area contributed by atoms with Crippen LogP contribution in [-0.4, -0.2) is 12.3 Å². The van der Waals surface area contributed by atoms with Crippen molar-refractivity contribution in [3.63, 3.8) is 0 Å². The van der Waals surface area contributed by atoms with Gasteiger partial charge in [0.2, 0.25) is 0 Å². The molecule has 1 rings (SSSR count). The fourth-order valence-electron chi connectivity index (χ4n) is 0.821. The molecule has 0 radical (unpaired) electrons. The minimum atomic E-state index is -0.121. The van der Waals surface area contributed by atoms with Gasteiger partial charge in [-0.2, -0.15) is 0 Å². The Kier molecular flexibility index (Phi) is 3.26. The molecule has 0 fully saturated rings. The number of nitrogens with two attached hydrogens (primary N) is 1. The molecule has 0 saturated heterocycles. The molecule has 0 aliphatic carbocycles. The second kappa shape index (κ2) is 4.03. The predicted molar refractivity (Wildman–Crippen MR) is 52.5 cm³/mol. The largest absolute Gasteiger partial charge is 0.324 e. The Morgan fingerprint density at radius 2 is 2.25 bits per heavy atom. The minimum absolute atomic E-state index is 0.00105. The van der Waals surface area contributed by atoms with Crippen molar-refractivity contribution in [1.82, 2.24) is 0 Å². The number of carbonyl (C=O) groups is 1. The molecule has 12 heavy (non-hydrogen) atoms. The number of rotatable bonds is 2. The summed E-state index contributed by atoms with van der Waals surface area (Å²) in [6.45, 7) is -0.00105. The molecule has 4 heteroatoms. The molecule has 0 bridgehead atoms. The molecular weight excluding hydrogens is 241 g/mol. The molecule has 2 N–H and O–H groups in total. The van der Waals surface area contributed by atoms with Gasteiger partial charge in [0, 0.05) is 15.1 Å². The number of Topliss-reactive ketones (excluding diaryl/α,β-unsaturated/α-hetero) is 1. The van der Waals surface area contributed by atoms with E-state index in [-0.39, 0.29) is 12.3 Å². The van der Waals surface area contributed by atoms with Crippen LogP contribution in [0.15, 0.2) is 22.7 Å². The van der Waals surface area contributed by atoms with Crippen molar-refractivity contribution in [3.05, 3.63) is 33.3 Å². The van der Waals surface area contributed by atoms with E-state index in [4.69, 9.17) is 17.3 Å². The van der Waals surface area contributed by atoms with Crippen LogP contribution in [0.5, 0.6) is 0 Å². The number of hydrogen-bond acceptors (Lipinski definition) is 2. The van der Waals surface area contributed by atoms with Crippen LogP contribution in [0.1, 0.15) is 10.4 Å². The average molecular weight is 249 g/mol. The van der Waals surface area contributed by atoms with Crippen LogP contribution in [0.3, 0.4) is 0 Å². The fourth-order valence-corrected chi connectivity index (χ4v) is 1.46. The van der Waals surface area contributed by atoms with Crippen LogP contribution >= 0.6 is 27.5 Å². The van der Waals surface area contributed by atoms with Crippen molar-refractivity contribution in [3.8, 4) is 0 Å². The van der Waals surface area contributed by atoms with E-state index in [2.05, 4.69) is 15.9 Å². The molecule has 2 nitrogen and oxygen atoms in total. The third-order valence-electron chi connectivity index (χ3n) is 1.41. The van der Waals surface area contributed by atoms with Crippen LogP contribution in [0.25, 0.3) is 0 Å². The number of carbonyl (C=O) groups excluding carboxylic acids is 1. The van der Waals surface area contributed by atoms with Crippen LogP contribution < -0.4 is 5.73 Å². The minimum Gasteiger partial charge on any atom is -0.324 e. The molecule has 0 unspecified atom stereocenters. The molecule has 64 valence electrons. The van der Waals surface area contributed by atoms with Gasteiger partial charge in [0.05, 0.1) is 6.54 Å². The van der Waals surface area contributed by atoms with E-state index in [9.17, 15) is 4.79 Å². The van der Waals surface area contributed by atoms with Gasteiger partial charge >= 0.3 is 0 Å². The van der Waals surface area contributed by atoms with E-state index in [1.807, 2.05) is 0 Å². The predicted octanol–water partition coefficient (Wildman–Crippen LogP) is 2.24. The van der Waals surface area contributed by atoms with E-state index in [0.29, 0.717) is 10.6 Å². The van der Waals surface area contributed by atoms with Gasteiger partial charge in [-0.1, -0.05) is 27.5 Å². The lowest BCUT2D eigenvalue weighted by Crippen LogP contribution is -2.13. The first-order valence-corrected chi connectivity index (χ1v) is 4.50. The van der Waals surface area contributed by atoms with Crippen molar-refractivity contribution in [2.24, 2.45) is 5.73 Å². The molecule has 0 saturated carbocycles. The molecular formula is C8H7BrClNO. The van der Waals surface area contributed by atoms with Gasteiger partial charge in [-0.15, -0.1) is 0 Å². The first-order valence-electron chi connectivity index (χ1n) is 3.33. The molecule has 0 aliphatic heterocycles. The summed E-state index contributed by atoms with van der Waals surface area (Å²) in [6.07, 6.45) is 0. The van der Waals surface area contributed by atoms with Crippen LogP contribution in [0, 0.1) is 0 Å². The van der Waals surface area contributed by atoms with Crippen molar-refractivity contribution >= 4 is 33.3 Å². The monoisotopic (exact) mass is 247 g/mol. The summed E-state index contributed by atoms with van der Waals surface area (Å²) in [7, 11) is 0. The Morgan fingerprint density at radius 1 is 1.58 bits per heavy atom. The van der Waals surface area contributed by atoms with E-state index < -0.39 is 0 Å². The highest BCUT2D eigenvalue weighted by atomic mass is 79.9. The smallest absolute Gasteiger partial charge is 0.177 e. The van der Waals surface area contributed by atoms with Gasteiger partial charge in [-0.3, -0.25) is 4.79 Å². The zero-order valence-corrected chi connectivity index (χ0v) is 8.52. The van der Waals surface area contributed by atoms with E-state index in [1.54, 1.807) is 18.2 Å². The number of hydrogen-bond donors (Lipinski definition) is 1. The Bertz CT molecular complexity index is 314. The molecule has 0 heterocycles. The highest BCUT2D eigenvalue weighted by Crippen LogP contribution is 2.21. The highest BCUT2D eigenvalue weighted by Gasteiger charge is 2.07. The second-order valence-corrected chi connectivity index (χ2v) is 3.54. The highest BCUT2D eigenvalue weighted by molar-refractivity contribution is 9.10. The summed E-state index contributed by atoms with van der Waals surface area (Å²) < 4.78 is 0.724. The summed E-state index contributed by atoms with van der Waals surface area (Å²) in [5, 5.41) is 0.537. The van der Waals surface area contributed by atoms with Crippen LogP contribution in [0.4, 0.5) is 0 Å². The lowest BCUT2D eigenvalue weighted by Gasteiger charge is -2.01. The van der Waals surface area contributed by atoms with Gasteiger partial charge < -0.3 is 5.73 Å². The molecule has 0 amide bonds.